The Morgan fingerprint density at radius 3 is 2.74 bits per heavy atom. The van der Waals surface area contributed by atoms with Crippen molar-refractivity contribution in [2.45, 2.75) is 19.5 Å². The molecular formula is C17H17ClN2O3. The third-order valence-corrected chi connectivity index (χ3v) is 4.19. The quantitative estimate of drug-likeness (QED) is 0.654. The summed E-state index contributed by atoms with van der Waals surface area (Å²) in [4.78, 5) is 13.8. The van der Waals surface area contributed by atoms with Gasteiger partial charge in [-0.1, -0.05) is 17.7 Å². The number of rotatable bonds is 2. The molecule has 1 aliphatic rings. The van der Waals surface area contributed by atoms with Crippen molar-refractivity contribution >= 4 is 23.2 Å². The van der Waals surface area contributed by atoms with Gasteiger partial charge in [0, 0.05) is 28.4 Å². The number of ether oxygens (including phenoxy) is 1. The van der Waals surface area contributed by atoms with Gasteiger partial charge in [-0.3, -0.25) is 10.0 Å². The number of nitrogens with one attached hydrogen (secondary N) is 1. The Hall–Kier alpha value is -2.24. The summed E-state index contributed by atoms with van der Waals surface area (Å²) in [5, 5.41) is 9.45. The monoisotopic (exact) mass is 332 g/mol. The summed E-state index contributed by atoms with van der Waals surface area (Å²) in [6.45, 7) is 3.25. The number of hydrogen-bond donors (Lipinski definition) is 2. The molecule has 0 unspecified atom stereocenters. The van der Waals surface area contributed by atoms with Crippen LogP contribution in [0.5, 0.6) is 5.75 Å². The third kappa shape index (κ3) is 3.25. The van der Waals surface area contributed by atoms with Gasteiger partial charge in [0.25, 0.3) is 5.91 Å². The SMILES string of the molecule is C[C@H]1COc2cc(C(=O)NO)ccc2CN1c1ccc(Cl)cc1. The number of carbonyl (C=O) groups excluding carboxylic acids is 1. The van der Waals surface area contributed by atoms with Gasteiger partial charge in [-0.05, 0) is 43.3 Å². The number of benzene rings is 2. The first-order valence-electron chi connectivity index (χ1n) is 7.31. The van der Waals surface area contributed by atoms with E-state index in [9.17, 15) is 4.79 Å². The van der Waals surface area contributed by atoms with E-state index >= 15 is 0 Å². The molecule has 0 saturated carbocycles. The molecular weight excluding hydrogens is 316 g/mol. The molecule has 2 aromatic carbocycles. The van der Waals surface area contributed by atoms with Gasteiger partial charge in [-0.2, -0.15) is 0 Å². The lowest BCUT2D eigenvalue weighted by molar-refractivity contribution is 0.0706. The number of hydroxylamine groups is 1. The molecule has 23 heavy (non-hydrogen) atoms. The Bertz CT molecular complexity index is 718. The molecule has 0 bridgehead atoms. The van der Waals surface area contributed by atoms with Crippen LogP contribution in [-0.2, 0) is 6.54 Å². The summed E-state index contributed by atoms with van der Waals surface area (Å²) < 4.78 is 5.84. The molecule has 120 valence electrons. The molecule has 1 heterocycles. The number of amides is 1. The number of carbonyl (C=O) groups is 1. The molecule has 0 spiro atoms. The minimum absolute atomic E-state index is 0.165. The van der Waals surface area contributed by atoms with E-state index in [1.165, 1.54) is 0 Å². The summed E-state index contributed by atoms with van der Waals surface area (Å²) in [6.07, 6.45) is 0. The van der Waals surface area contributed by atoms with Gasteiger partial charge >= 0.3 is 0 Å². The van der Waals surface area contributed by atoms with Crippen LogP contribution in [0.3, 0.4) is 0 Å². The van der Waals surface area contributed by atoms with E-state index in [0.717, 1.165) is 11.3 Å². The Labute approximate surface area is 139 Å². The van der Waals surface area contributed by atoms with Crippen molar-refractivity contribution in [3.8, 4) is 5.75 Å². The molecule has 0 saturated heterocycles. The van der Waals surface area contributed by atoms with E-state index in [1.54, 1.807) is 17.6 Å². The Morgan fingerprint density at radius 1 is 1.30 bits per heavy atom. The fourth-order valence-corrected chi connectivity index (χ4v) is 2.77. The number of hydrogen-bond acceptors (Lipinski definition) is 4. The van der Waals surface area contributed by atoms with Crippen LogP contribution < -0.4 is 15.1 Å². The molecule has 1 amide bonds. The molecule has 6 heteroatoms. The maximum atomic E-state index is 11.5. The van der Waals surface area contributed by atoms with Crippen molar-refractivity contribution in [3.63, 3.8) is 0 Å². The first-order chi connectivity index (χ1) is 11.1. The first-order valence-corrected chi connectivity index (χ1v) is 7.68. The highest BCUT2D eigenvalue weighted by Gasteiger charge is 2.22. The summed E-state index contributed by atoms with van der Waals surface area (Å²) in [5.41, 5.74) is 4.05. The van der Waals surface area contributed by atoms with Gasteiger partial charge in [-0.25, -0.2) is 5.48 Å². The van der Waals surface area contributed by atoms with Gasteiger partial charge in [0.15, 0.2) is 0 Å². The smallest absolute Gasteiger partial charge is 0.274 e. The molecule has 5 nitrogen and oxygen atoms in total. The lowest BCUT2D eigenvalue weighted by Gasteiger charge is -2.28. The van der Waals surface area contributed by atoms with E-state index in [-0.39, 0.29) is 6.04 Å². The fourth-order valence-electron chi connectivity index (χ4n) is 2.64. The van der Waals surface area contributed by atoms with Crippen LogP contribution in [0.15, 0.2) is 42.5 Å². The van der Waals surface area contributed by atoms with E-state index in [1.807, 2.05) is 30.3 Å². The minimum Gasteiger partial charge on any atom is -0.491 e. The standard InChI is InChI=1S/C17H17ClN2O3/c1-11-10-23-16-8-12(17(21)19-22)2-3-13(16)9-20(11)15-6-4-14(18)5-7-15/h2-8,11,22H,9-10H2,1H3,(H,19,21)/t11-/m0/s1. The molecule has 0 aromatic heterocycles. The average Bonchev–Trinajstić information content (AvgIpc) is 2.74. The highest BCUT2D eigenvalue weighted by Crippen LogP contribution is 2.30. The predicted octanol–water partition coefficient (Wildman–Crippen LogP) is 3.25. The second-order valence-electron chi connectivity index (χ2n) is 5.53. The lowest BCUT2D eigenvalue weighted by atomic mass is 10.1. The van der Waals surface area contributed by atoms with Crippen LogP contribution in [0.2, 0.25) is 5.02 Å². The number of halogens is 1. The summed E-state index contributed by atoms with van der Waals surface area (Å²) in [5.74, 6) is 0.109. The summed E-state index contributed by atoms with van der Waals surface area (Å²) in [7, 11) is 0. The number of anilines is 1. The number of nitrogens with zero attached hydrogens (tertiary/aromatic N) is 1. The zero-order chi connectivity index (χ0) is 16.4. The number of fused-ring (bicyclic) bond motifs is 1. The van der Waals surface area contributed by atoms with Crippen molar-refractivity contribution in [1.82, 2.24) is 5.48 Å². The van der Waals surface area contributed by atoms with Crippen molar-refractivity contribution in [2.75, 3.05) is 11.5 Å². The average molecular weight is 333 g/mol. The van der Waals surface area contributed by atoms with Crippen molar-refractivity contribution in [1.29, 1.82) is 0 Å². The summed E-state index contributed by atoms with van der Waals surface area (Å²) >= 11 is 5.96. The zero-order valence-corrected chi connectivity index (χ0v) is 13.4. The fraction of sp³-hybridized carbons (Fsp3) is 0.235. The van der Waals surface area contributed by atoms with Crippen LogP contribution in [0, 0.1) is 0 Å². The lowest BCUT2D eigenvalue weighted by Crippen LogP contribution is -2.34. The van der Waals surface area contributed by atoms with Crippen LogP contribution >= 0.6 is 11.6 Å². The Balaban J connectivity index is 1.92. The van der Waals surface area contributed by atoms with Crippen LogP contribution in [0.1, 0.15) is 22.8 Å². The highest BCUT2D eigenvalue weighted by molar-refractivity contribution is 6.30. The van der Waals surface area contributed by atoms with E-state index < -0.39 is 5.91 Å². The van der Waals surface area contributed by atoms with Crippen LogP contribution in [0.4, 0.5) is 5.69 Å². The molecule has 0 radical (unpaired) electrons. The largest absolute Gasteiger partial charge is 0.491 e. The zero-order valence-electron chi connectivity index (χ0n) is 12.6. The molecule has 1 atom stereocenters. The highest BCUT2D eigenvalue weighted by atomic mass is 35.5. The van der Waals surface area contributed by atoms with Crippen LogP contribution in [-0.4, -0.2) is 23.8 Å². The normalized spacial score (nSPS) is 17.0. The second kappa shape index (κ2) is 6.48. The first kappa shape index (κ1) is 15.6. The predicted molar refractivity (Wildman–Crippen MR) is 88.3 cm³/mol. The maximum Gasteiger partial charge on any atom is 0.274 e. The van der Waals surface area contributed by atoms with Crippen molar-refractivity contribution < 1.29 is 14.7 Å². The van der Waals surface area contributed by atoms with Gasteiger partial charge in [0.1, 0.15) is 12.4 Å². The van der Waals surface area contributed by atoms with Gasteiger partial charge in [0.2, 0.25) is 0 Å². The molecule has 0 fully saturated rings. The molecule has 3 rings (SSSR count). The van der Waals surface area contributed by atoms with Gasteiger partial charge < -0.3 is 9.64 Å². The minimum atomic E-state index is -0.553. The summed E-state index contributed by atoms with van der Waals surface area (Å²) in [6, 6.07) is 13.0. The van der Waals surface area contributed by atoms with Crippen molar-refractivity contribution in [2.24, 2.45) is 0 Å². The molecule has 2 aromatic rings. The van der Waals surface area contributed by atoms with Crippen molar-refractivity contribution in [3.05, 3.63) is 58.6 Å². The van der Waals surface area contributed by atoms with E-state index in [4.69, 9.17) is 21.5 Å². The van der Waals surface area contributed by atoms with Crippen LogP contribution in [0.25, 0.3) is 0 Å². The topological polar surface area (TPSA) is 61.8 Å². The second-order valence-corrected chi connectivity index (χ2v) is 5.96. The van der Waals surface area contributed by atoms with E-state index in [0.29, 0.717) is 29.5 Å². The van der Waals surface area contributed by atoms with E-state index in [2.05, 4.69) is 11.8 Å². The Morgan fingerprint density at radius 2 is 2.04 bits per heavy atom. The Kier molecular flexibility index (Phi) is 4.41. The van der Waals surface area contributed by atoms with Gasteiger partial charge in [0.05, 0.1) is 6.04 Å². The molecule has 1 aliphatic heterocycles. The molecule has 0 aliphatic carbocycles. The molecule has 2 N–H and O–H groups in total. The maximum absolute atomic E-state index is 11.5. The third-order valence-electron chi connectivity index (χ3n) is 3.94. The van der Waals surface area contributed by atoms with Gasteiger partial charge in [-0.15, -0.1) is 0 Å².